The van der Waals surface area contributed by atoms with E-state index in [0.29, 0.717) is 26.0 Å². The molecule has 18 heavy (non-hydrogen) atoms. The molecule has 4 nitrogen and oxygen atoms in total. The predicted molar refractivity (Wildman–Crippen MR) is 69.9 cm³/mol. The molecule has 0 aromatic carbocycles. The summed E-state index contributed by atoms with van der Waals surface area (Å²) in [6, 6.07) is 2.45. The van der Waals surface area contributed by atoms with Crippen LogP contribution in [0.15, 0.2) is 0 Å². The largest absolute Gasteiger partial charge is 0.383 e. The van der Waals surface area contributed by atoms with Crippen molar-refractivity contribution in [2.45, 2.75) is 52.0 Å². The average molecular weight is 252 g/mol. The lowest BCUT2D eigenvalue weighted by atomic mass is 9.86. The van der Waals surface area contributed by atoms with Gasteiger partial charge in [0.25, 0.3) is 0 Å². The highest BCUT2D eigenvalue weighted by atomic mass is 16.5. The van der Waals surface area contributed by atoms with Crippen molar-refractivity contribution in [3.8, 4) is 6.07 Å². The Hall–Kier alpha value is -1.08. The van der Waals surface area contributed by atoms with Gasteiger partial charge in [0.05, 0.1) is 12.7 Å². The van der Waals surface area contributed by atoms with Crippen LogP contribution in [0.5, 0.6) is 0 Å². The number of methoxy groups -OCH3 is 1. The van der Waals surface area contributed by atoms with Crippen LogP contribution in [0.2, 0.25) is 0 Å². The number of carbonyl (C=O) groups is 1. The molecule has 0 radical (unpaired) electrons. The zero-order valence-corrected chi connectivity index (χ0v) is 11.7. The standard InChI is InChI=1S/C14H24N2O2/c1-4-12(2)16(9-10-18-3)13(17)14(11-15)7-5-6-8-14/h12H,4-10H2,1-3H3. The number of nitriles is 1. The van der Waals surface area contributed by atoms with Crippen molar-refractivity contribution < 1.29 is 9.53 Å². The second kappa shape index (κ2) is 6.75. The van der Waals surface area contributed by atoms with Crippen molar-refractivity contribution in [3.63, 3.8) is 0 Å². The van der Waals surface area contributed by atoms with E-state index in [1.54, 1.807) is 7.11 Å². The van der Waals surface area contributed by atoms with Gasteiger partial charge in [-0.15, -0.1) is 0 Å². The Kier molecular flexibility index (Phi) is 5.61. The number of hydrogen-bond acceptors (Lipinski definition) is 3. The summed E-state index contributed by atoms with van der Waals surface area (Å²) in [6.45, 7) is 5.20. The van der Waals surface area contributed by atoms with Crippen LogP contribution < -0.4 is 0 Å². The highest BCUT2D eigenvalue weighted by molar-refractivity contribution is 5.86. The van der Waals surface area contributed by atoms with E-state index in [9.17, 15) is 10.1 Å². The van der Waals surface area contributed by atoms with Gasteiger partial charge in [-0.1, -0.05) is 19.8 Å². The lowest BCUT2D eigenvalue weighted by Gasteiger charge is -2.34. The molecule has 1 unspecified atom stereocenters. The summed E-state index contributed by atoms with van der Waals surface area (Å²) in [5.41, 5.74) is -0.767. The Balaban J connectivity index is 2.83. The fraction of sp³-hybridized carbons (Fsp3) is 0.857. The fourth-order valence-corrected chi connectivity index (χ4v) is 2.56. The third-order valence-electron chi connectivity index (χ3n) is 4.00. The van der Waals surface area contributed by atoms with Gasteiger partial charge in [0.2, 0.25) is 5.91 Å². The molecule has 1 amide bonds. The minimum absolute atomic E-state index is 0.00824. The third-order valence-corrected chi connectivity index (χ3v) is 4.00. The molecule has 1 aliphatic carbocycles. The van der Waals surface area contributed by atoms with Gasteiger partial charge in [0.15, 0.2) is 0 Å². The molecule has 0 bridgehead atoms. The number of carbonyl (C=O) groups excluding carboxylic acids is 1. The molecule has 1 fully saturated rings. The van der Waals surface area contributed by atoms with E-state index < -0.39 is 5.41 Å². The lowest BCUT2D eigenvalue weighted by molar-refractivity contribution is -0.141. The van der Waals surface area contributed by atoms with Crippen molar-refractivity contribution in [2.75, 3.05) is 20.3 Å². The topological polar surface area (TPSA) is 53.3 Å². The number of rotatable bonds is 6. The first kappa shape index (κ1) is 15.0. The van der Waals surface area contributed by atoms with E-state index in [2.05, 4.69) is 13.0 Å². The number of nitrogens with zero attached hydrogens (tertiary/aromatic N) is 2. The minimum atomic E-state index is -0.767. The number of hydrogen-bond donors (Lipinski definition) is 0. The average Bonchev–Trinajstić information content (AvgIpc) is 2.88. The van der Waals surface area contributed by atoms with Crippen molar-refractivity contribution in [3.05, 3.63) is 0 Å². The van der Waals surface area contributed by atoms with Crippen LogP contribution in [0.4, 0.5) is 0 Å². The van der Waals surface area contributed by atoms with Crippen LogP contribution >= 0.6 is 0 Å². The van der Waals surface area contributed by atoms with E-state index in [-0.39, 0.29) is 11.9 Å². The predicted octanol–water partition coefficient (Wildman–Crippen LogP) is 2.34. The molecule has 0 spiro atoms. The Morgan fingerprint density at radius 3 is 2.56 bits per heavy atom. The second-order valence-electron chi connectivity index (χ2n) is 5.15. The van der Waals surface area contributed by atoms with Crippen molar-refractivity contribution in [2.24, 2.45) is 5.41 Å². The van der Waals surface area contributed by atoms with Crippen LogP contribution in [0.1, 0.15) is 46.0 Å². The van der Waals surface area contributed by atoms with Crippen LogP contribution in [0.3, 0.4) is 0 Å². The highest BCUT2D eigenvalue weighted by Crippen LogP contribution is 2.39. The molecule has 0 aromatic rings. The van der Waals surface area contributed by atoms with Crippen LogP contribution in [0.25, 0.3) is 0 Å². The summed E-state index contributed by atoms with van der Waals surface area (Å²) < 4.78 is 5.07. The third kappa shape index (κ3) is 3.02. The maximum Gasteiger partial charge on any atom is 0.243 e. The first-order chi connectivity index (χ1) is 8.61. The molecule has 0 aromatic heterocycles. The first-order valence-electron chi connectivity index (χ1n) is 6.82. The molecule has 1 rings (SSSR count). The van der Waals surface area contributed by atoms with Gasteiger partial charge in [-0.3, -0.25) is 4.79 Å². The summed E-state index contributed by atoms with van der Waals surface area (Å²) in [5, 5.41) is 9.39. The molecule has 1 aliphatic rings. The van der Waals surface area contributed by atoms with E-state index in [0.717, 1.165) is 19.3 Å². The number of amides is 1. The van der Waals surface area contributed by atoms with Gasteiger partial charge in [-0.25, -0.2) is 0 Å². The normalized spacial score (nSPS) is 19.2. The fourth-order valence-electron chi connectivity index (χ4n) is 2.56. The van der Waals surface area contributed by atoms with Gasteiger partial charge in [-0.05, 0) is 26.2 Å². The smallest absolute Gasteiger partial charge is 0.243 e. The van der Waals surface area contributed by atoms with Gasteiger partial charge >= 0.3 is 0 Å². The van der Waals surface area contributed by atoms with Crippen LogP contribution in [0, 0.1) is 16.7 Å². The Morgan fingerprint density at radius 2 is 2.11 bits per heavy atom. The van der Waals surface area contributed by atoms with E-state index in [1.165, 1.54) is 0 Å². The van der Waals surface area contributed by atoms with Crippen LogP contribution in [-0.2, 0) is 9.53 Å². The second-order valence-corrected chi connectivity index (χ2v) is 5.15. The monoisotopic (exact) mass is 252 g/mol. The summed E-state index contributed by atoms with van der Waals surface area (Å²) in [6.07, 6.45) is 4.29. The minimum Gasteiger partial charge on any atom is -0.383 e. The molecule has 1 saturated carbocycles. The maximum absolute atomic E-state index is 12.7. The zero-order chi connectivity index (χ0) is 13.6. The molecule has 102 valence electrons. The van der Waals surface area contributed by atoms with Gasteiger partial charge in [-0.2, -0.15) is 5.26 Å². The Labute approximate surface area is 110 Å². The van der Waals surface area contributed by atoms with Crippen LogP contribution in [-0.4, -0.2) is 37.1 Å². The van der Waals surface area contributed by atoms with Gasteiger partial charge < -0.3 is 9.64 Å². The molecule has 0 saturated heterocycles. The van der Waals surface area contributed by atoms with E-state index >= 15 is 0 Å². The summed E-state index contributed by atoms with van der Waals surface area (Å²) >= 11 is 0. The van der Waals surface area contributed by atoms with E-state index in [4.69, 9.17) is 4.74 Å². The molecule has 0 heterocycles. The molecule has 4 heteroatoms. The first-order valence-corrected chi connectivity index (χ1v) is 6.82. The maximum atomic E-state index is 12.7. The van der Waals surface area contributed by atoms with Crippen molar-refractivity contribution >= 4 is 5.91 Å². The summed E-state index contributed by atoms with van der Waals surface area (Å²) in [4.78, 5) is 14.5. The Morgan fingerprint density at radius 1 is 1.50 bits per heavy atom. The molecular weight excluding hydrogens is 228 g/mol. The highest BCUT2D eigenvalue weighted by Gasteiger charge is 2.44. The molecule has 0 aliphatic heterocycles. The molecule has 0 N–H and O–H groups in total. The Bertz CT molecular complexity index is 316. The molecule has 1 atom stereocenters. The number of ether oxygens (including phenoxy) is 1. The van der Waals surface area contributed by atoms with Crippen molar-refractivity contribution in [1.82, 2.24) is 4.90 Å². The quantitative estimate of drug-likeness (QED) is 0.729. The summed E-state index contributed by atoms with van der Waals surface area (Å²) in [7, 11) is 1.63. The molecular formula is C14H24N2O2. The zero-order valence-electron chi connectivity index (χ0n) is 11.7. The van der Waals surface area contributed by atoms with Gasteiger partial charge in [0.1, 0.15) is 5.41 Å². The SMILES string of the molecule is CCC(C)N(CCOC)C(=O)C1(C#N)CCCC1. The van der Waals surface area contributed by atoms with Crippen molar-refractivity contribution in [1.29, 1.82) is 5.26 Å². The van der Waals surface area contributed by atoms with Gasteiger partial charge in [0, 0.05) is 19.7 Å². The van der Waals surface area contributed by atoms with E-state index in [1.807, 2.05) is 11.8 Å². The lowest BCUT2D eigenvalue weighted by Crippen LogP contribution is -2.47. The summed E-state index contributed by atoms with van der Waals surface area (Å²) in [5.74, 6) is 0.00824.